The Kier molecular flexibility index (Phi) is 4.91. The zero-order valence-corrected chi connectivity index (χ0v) is 13.4. The molecule has 0 saturated carbocycles. The van der Waals surface area contributed by atoms with Crippen LogP contribution in [0.5, 0.6) is 0 Å². The molecule has 2 aromatic carbocycles. The van der Waals surface area contributed by atoms with Crippen molar-refractivity contribution in [3.63, 3.8) is 0 Å². The van der Waals surface area contributed by atoms with E-state index in [1.54, 1.807) is 24.3 Å². The van der Waals surface area contributed by atoms with Crippen LogP contribution in [0.1, 0.15) is 15.9 Å². The van der Waals surface area contributed by atoms with Gasteiger partial charge in [-0.2, -0.15) is 0 Å². The number of nitrogens with one attached hydrogen (secondary N) is 1. The summed E-state index contributed by atoms with van der Waals surface area (Å²) in [5, 5.41) is 4.31. The van der Waals surface area contributed by atoms with E-state index in [-0.39, 0.29) is 0 Å². The van der Waals surface area contributed by atoms with Gasteiger partial charge >= 0.3 is 0 Å². The second-order valence-corrected chi connectivity index (χ2v) is 5.88. The third-order valence-electron chi connectivity index (χ3n) is 2.74. The van der Waals surface area contributed by atoms with Gasteiger partial charge in [-0.15, -0.1) is 0 Å². The number of halogens is 3. The SMILES string of the molecule is NC(=O)c1ccc(CNc2cc(Br)ccc2Cl)c(Cl)c1. The van der Waals surface area contributed by atoms with Crippen LogP contribution in [0.25, 0.3) is 0 Å². The molecule has 3 N–H and O–H groups in total. The van der Waals surface area contributed by atoms with E-state index in [1.165, 1.54) is 0 Å². The molecule has 2 rings (SSSR count). The molecule has 0 bridgehead atoms. The van der Waals surface area contributed by atoms with E-state index in [4.69, 9.17) is 28.9 Å². The van der Waals surface area contributed by atoms with Gasteiger partial charge in [-0.05, 0) is 35.9 Å². The lowest BCUT2D eigenvalue weighted by Crippen LogP contribution is -2.11. The lowest BCUT2D eigenvalue weighted by atomic mass is 10.1. The topological polar surface area (TPSA) is 55.1 Å². The van der Waals surface area contributed by atoms with Crippen molar-refractivity contribution < 1.29 is 4.79 Å². The first-order chi connectivity index (χ1) is 9.47. The van der Waals surface area contributed by atoms with Crippen LogP contribution in [-0.4, -0.2) is 5.91 Å². The summed E-state index contributed by atoms with van der Waals surface area (Å²) < 4.78 is 0.930. The van der Waals surface area contributed by atoms with Crippen molar-refractivity contribution in [2.75, 3.05) is 5.32 Å². The predicted molar refractivity (Wildman–Crippen MR) is 86.4 cm³/mol. The van der Waals surface area contributed by atoms with E-state index in [0.717, 1.165) is 15.7 Å². The minimum Gasteiger partial charge on any atom is -0.380 e. The van der Waals surface area contributed by atoms with E-state index in [9.17, 15) is 4.79 Å². The van der Waals surface area contributed by atoms with Gasteiger partial charge in [0.1, 0.15) is 0 Å². The Hall–Kier alpha value is -1.23. The van der Waals surface area contributed by atoms with E-state index in [1.807, 2.05) is 12.1 Å². The summed E-state index contributed by atoms with van der Waals surface area (Å²) in [5.74, 6) is -0.499. The second-order valence-electron chi connectivity index (χ2n) is 4.15. The first kappa shape index (κ1) is 15.2. The minimum absolute atomic E-state index is 0.388. The fourth-order valence-electron chi connectivity index (χ4n) is 1.67. The van der Waals surface area contributed by atoms with Gasteiger partial charge in [0.25, 0.3) is 0 Å². The molecule has 0 unspecified atom stereocenters. The highest BCUT2D eigenvalue weighted by Gasteiger charge is 2.07. The lowest BCUT2D eigenvalue weighted by molar-refractivity contribution is 0.100. The average molecular weight is 374 g/mol. The van der Waals surface area contributed by atoms with Crippen molar-refractivity contribution in [2.24, 2.45) is 5.73 Å². The average Bonchev–Trinajstić information content (AvgIpc) is 2.40. The first-order valence-corrected chi connectivity index (χ1v) is 7.29. The van der Waals surface area contributed by atoms with Crippen LogP contribution in [0.2, 0.25) is 10.0 Å². The third-order valence-corrected chi connectivity index (χ3v) is 3.91. The standard InChI is InChI=1S/C14H11BrCl2N2O/c15-10-3-4-11(16)13(6-10)19-7-9-2-1-8(14(18)20)5-12(9)17/h1-6,19H,7H2,(H2,18,20). The normalized spacial score (nSPS) is 10.3. The molecule has 3 nitrogen and oxygen atoms in total. The van der Waals surface area contributed by atoms with Gasteiger partial charge < -0.3 is 11.1 Å². The number of rotatable bonds is 4. The molecule has 0 atom stereocenters. The van der Waals surface area contributed by atoms with Crippen LogP contribution in [0, 0.1) is 0 Å². The van der Waals surface area contributed by atoms with Crippen LogP contribution >= 0.6 is 39.1 Å². The lowest BCUT2D eigenvalue weighted by Gasteiger charge is -2.10. The van der Waals surface area contributed by atoms with Gasteiger partial charge in [-0.3, -0.25) is 4.79 Å². The van der Waals surface area contributed by atoms with Crippen molar-refractivity contribution in [3.05, 3.63) is 62.0 Å². The molecule has 0 heterocycles. The molecule has 0 aliphatic carbocycles. The highest BCUT2D eigenvalue weighted by molar-refractivity contribution is 9.10. The van der Waals surface area contributed by atoms with Crippen LogP contribution in [0.3, 0.4) is 0 Å². The maximum Gasteiger partial charge on any atom is 0.248 e. The molecule has 0 radical (unpaired) electrons. The Morgan fingerprint density at radius 3 is 2.55 bits per heavy atom. The summed E-state index contributed by atoms with van der Waals surface area (Å²) in [6, 6.07) is 10.5. The number of benzene rings is 2. The number of primary amides is 1. The number of amides is 1. The molecule has 0 spiro atoms. The van der Waals surface area contributed by atoms with Gasteiger partial charge in [0.05, 0.1) is 10.7 Å². The fraction of sp³-hybridized carbons (Fsp3) is 0.0714. The van der Waals surface area contributed by atoms with Crippen LogP contribution in [-0.2, 0) is 6.54 Å². The zero-order chi connectivity index (χ0) is 14.7. The number of carbonyl (C=O) groups excluding carboxylic acids is 1. The molecule has 0 saturated heterocycles. The summed E-state index contributed by atoms with van der Waals surface area (Å²) in [7, 11) is 0. The summed E-state index contributed by atoms with van der Waals surface area (Å²) >= 11 is 15.6. The molecular formula is C14H11BrCl2N2O. The molecule has 2 aromatic rings. The predicted octanol–water partition coefficient (Wildman–Crippen LogP) is 4.47. The Morgan fingerprint density at radius 1 is 1.15 bits per heavy atom. The summed E-state index contributed by atoms with van der Waals surface area (Å²) in [6.45, 7) is 0.494. The van der Waals surface area contributed by atoms with Crippen molar-refractivity contribution >= 4 is 50.7 Å². The van der Waals surface area contributed by atoms with Crippen LogP contribution in [0.4, 0.5) is 5.69 Å². The van der Waals surface area contributed by atoms with Gasteiger partial charge in [0.2, 0.25) is 5.91 Å². The maximum atomic E-state index is 11.1. The quantitative estimate of drug-likeness (QED) is 0.830. The van der Waals surface area contributed by atoms with E-state index in [2.05, 4.69) is 21.2 Å². The monoisotopic (exact) mass is 372 g/mol. The number of anilines is 1. The first-order valence-electron chi connectivity index (χ1n) is 5.74. The smallest absolute Gasteiger partial charge is 0.248 e. The number of hydrogen-bond donors (Lipinski definition) is 2. The number of carbonyl (C=O) groups is 1. The number of hydrogen-bond acceptors (Lipinski definition) is 2. The van der Waals surface area contributed by atoms with E-state index < -0.39 is 5.91 Å². The van der Waals surface area contributed by atoms with Crippen molar-refractivity contribution in [1.29, 1.82) is 0 Å². The summed E-state index contributed by atoms with van der Waals surface area (Å²) in [5.41, 5.74) is 7.24. The highest BCUT2D eigenvalue weighted by Crippen LogP contribution is 2.27. The molecule has 1 amide bonds. The van der Waals surface area contributed by atoms with Gasteiger partial charge in [-0.25, -0.2) is 0 Å². The molecule has 20 heavy (non-hydrogen) atoms. The van der Waals surface area contributed by atoms with Crippen LogP contribution in [0.15, 0.2) is 40.9 Å². The largest absolute Gasteiger partial charge is 0.380 e. The van der Waals surface area contributed by atoms with Crippen molar-refractivity contribution in [2.45, 2.75) is 6.54 Å². The molecule has 104 valence electrons. The molecule has 0 aliphatic heterocycles. The summed E-state index contributed by atoms with van der Waals surface area (Å²) in [6.07, 6.45) is 0. The van der Waals surface area contributed by atoms with E-state index in [0.29, 0.717) is 22.2 Å². The molecule has 6 heteroatoms. The summed E-state index contributed by atoms with van der Waals surface area (Å²) in [4.78, 5) is 11.1. The minimum atomic E-state index is -0.499. The van der Waals surface area contributed by atoms with Crippen molar-refractivity contribution in [1.82, 2.24) is 0 Å². The maximum absolute atomic E-state index is 11.1. The van der Waals surface area contributed by atoms with Crippen LogP contribution < -0.4 is 11.1 Å². The van der Waals surface area contributed by atoms with Crippen molar-refractivity contribution in [3.8, 4) is 0 Å². The Balaban J connectivity index is 2.15. The molecule has 0 aliphatic rings. The Labute approximate surface area is 135 Å². The molecule has 0 aromatic heterocycles. The molecular weight excluding hydrogens is 363 g/mol. The Bertz CT molecular complexity index is 662. The van der Waals surface area contributed by atoms with Gasteiger partial charge in [0, 0.05) is 21.6 Å². The fourth-order valence-corrected chi connectivity index (χ4v) is 2.46. The van der Waals surface area contributed by atoms with Gasteiger partial charge in [0.15, 0.2) is 0 Å². The highest BCUT2D eigenvalue weighted by atomic mass is 79.9. The second kappa shape index (κ2) is 6.48. The van der Waals surface area contributed by atoms with E-state index >= 15 is 0 Å². The molecule has 0 fully saturated rings. The Morgan fingerprint density at radius 2 is 1.90 bits per heavy atom. The number of nitrogens with two attached hydrogens (primary N) is 1. The van der Waals surface area contributed by atoms with Gasteiger partial charge in [-0.1, -0.05) is 45.2 Å². The zero-order valence-electron chi connectivity index (χ0n) is 10.3. The third kappa shape index (κ3) is 3.66.